The summed E-state index contributed by atoms with van der Waals surface area (Å²) in [7, 11) is 0. The Kier molecular flexibility index (Phi) is 3.57. The first kappa shape index (κ1) is 13.3. The van der Waals surface area contributed by atoms with Crippen LogP contribution in [0.3, 0.4) is 0 Å². The summed E-state index contributed by atoms with van der Waals surface area (Å²) in [4.78, 5) is 14.3. The first-order valence-electron chi connectivity index (χ1n) is 6.47. The van der Waals surface area contributed by atoms with Crippen LogP contribution in [0.4, 0.5) is 4.39 Å². The van der Waals surface area contributed by atoms with Gasteiger partial charge < -0.3 is 4.90 Å². The van der Waals surface area contributed by atoms with Gasteiger partial charge in [0.15, 0.2) is 0 Å². The van der Waals surface area contributed by atoms with Crippen LogP contribution in [0.1, 0.15) is 21.5 Å². The molecule has 0 fully saturated rings. The van der Waals surface area contributed by atoms with Crippen molar-refractivity contribution in [2.24, 2.45) is 0 Å². The second-order valence-electron chi connectivity index (χ2n) is 4.85. The molecule has 3 rings (SSSR count). The third-order valence-corrected chi connectivity index (χ3v) is 4.41. The number of benzene rings is 2. The molecule has 2 nitrogen and oxygen atoms in total. The molecule has 1 amide bonds. The van der Waals surface area contributed by atoms with Gasteiger partial charge >= 0.3 is 0 Å². The maximum Gasteiger partial charge on any atom is 0.255 e. The van der Waals surface area contributed by atoms with Gasteiger partial charge in [-0.15, -0.1) is 0 Å². The lowest BCUT2D eigenvalue weighted by Crippen LogP contribution is -2.36. The molecule has 4 heteroatoms. The monoisotopic (exact) mass is 333 g/mol. The van der Waals surface area contributed by atoms with E-state index in [0.717, 1.165) is 6.42 Å². The van der Waals surface area contributed by atoms with Gasteiger partial charge in [0.2, 0.25) is 0 Å². The molecule has 0 atom stereocenters. The van der Waals surface area contributed by atoms with Crippen LogP contribution in [0.15, 0.2) is 46.9 Å². The molecule has 0 aliphatic carbocycles. The van der Waals surface area contributed by atoms with Crippen molar-refractivity contribution in [2.75, 3.05) is 6.54 Å². The van der Waals surface area contributed by atoms with Crippen molar-refractivity contribution in [1.29, 1.82) is 0 Å². The van der Waals surface area contributed by atoms with Crippen LogP contribution in [0.25, 0.3) is 0 Å². The lowest BCUT2D eigenvalue weighted by Gasteiger charge is -2.29. The average molecular weight is 334 g/mol. The van der Waals surface area contributed by atoms with E-state index in [1.54, 1.807) is 17.0 Å². The largest absolute Gasteiger partial charge is 0.334 e. The normalized spacial score (nSPS) is 14.0. The highest BCUT2D eigenvalue weighted by Gasteiger charge is 2.23. The van der Waals surface area contributed by atoms with Crippen molar-refractivity contribution in [1.82, 2.24) is 4.90 Å². The predicted molar refractivity (Wildman–Crippen MR) is 79.0 cm³/mol. The maximum absolute atomic E-state index is 13.5. The standard InChI is InChI=1S/C16H13BrFNO/c17-15-13(6-3-7-14(15)18)16(20)19-9-8-11-4-1-2-5-12(11)10-19/h1-7H,8-10H2. The molecule has 1 aliphatic rings. The first-order valence-corrected chi connectivity index (χ1v) is 7.26. The van der Waals surface area contributed by atoms with Gasteiger partial charge in [-0.2, -0.15) is 0 Å². The van der Waals surface area contributed by atoms with E-state index in [2.05, 4.69) is 22.0 Å². The Morgan fingerprint density at radius 3 is 2.65 bits per heavy atom. The number of rotatable bonds is 1. The number of carbonyl (C=O) groups is 1. The van der Waals surface area contributed by atoms with Gasteiger partial charge in [-0.25, -0.2) is 4.39 Å². The molecule has 0 spiro atoms. The van der Waals surface area contributed by atoms with Crippen molar-refractivity contribution in [3.05, 3.63) is 69.4 Å². The summed E-state index contributed by atoms with van der Waals surface area (Å²) in [5.74, 6) is -0.542. The van der Waals surface area contributed by atoms with Crippen LogP contribution < -0.4 is 0 Å². The summed E-state index contributed by atoms with van der Waals surface area (Å²) < 4.78 is 13.8. The van der Waals surface area contributed by atoms with E-state index in [1.165, 1.54) is 17.2 Å². The fourth-order valence-corrected chi connectivity index (χ4v) is 2.94. The van der Waals surface area contributed by atoms with Crippen LogP contribution >= 0.6 is 15.9 Å². The topological polar surface area (TPSA) is 20.3 Å². The molecule has 0 bridgehead atoms. The van der Waals surface area contributed by atoms with Crippen LogP contribution in [-0.2, 0) is 13.0 Å². The number of fused-ring (bicyclic) bond motifs is 1. The molecular formula is C16H13BrFNO. The van der Waals surface area contributed by atoms with Gasteiger partial charge in [-0.3, -0.25) is 4.79 Å². The minimum atomic E-state index is -0.409. The summed E-state index contributed by atoms with van der Waals surface area (Å²) in [6.45, 7) is 1.25. The second-order valence-corrected chi connectivity index (χ2v) is 5.64. The molecule has 0 unspecified atom stereocenters. The lowest BCUT2D eigenvalue weighted by molar-refractivity contribution is 0.0733. The van der Waals surface area contributed by atoms with Crippen LogP contribution in [-0.4, -0.2) is 17.4 Å². The third-order valence-electron chi connectivity index (χ3n) is 3.60. The summed E-state index contributed by atoms with van der Waals surface area (Å²) in [5.41, 5.74) is 2.83. The van der Waals surface area contributed by atoms with E-state index >= 15 is 0 Å². The minimum absolute atomic E-state index is 0.133. The van der Waals surface area contributed by atoms with E-state index in [4.69, 9.17) is 0 Å². The molecule has 0 saturated carbocycles. The summed E-state index contributed by atoms with van der Waals surface area (Å²) >= 11 is 3.16. The highest BCUT2D eigenvalue weighted by atomic mass is 79.9. The molecule has 102 valence electrons. The number of amides is 1. The Hall–Kier alpha value is -1.68. The first-order chi connectivity index (χ1) is 9.66. The average Bonchev–Trinajstić information content (AvgIpc) is 2.49. The predicted octanol–water partition coefficient (Wildman–Crippen LogP) is 3.79. The van der Waals surface area contributed by atoms with Gasteiger partial charge in [0.1, 0.15) is 5.82 Å². The Labute approximate surface area is 125 Å². The van der Waals surface area contributed by atoms with Crippen molar-refractivity contribution in [3.63, 3.8) is 0 Å². The summed E-state index contributed by atoms with van der Waals surface area (Å²) in [5, 5.41) is 0. The highest BCUT2D eigenvalue weighted by molar-refractivity contribution is 9.10. The van der Waals surface area contributed by atoms with Crippen molar-refractivity contribution in [2.45, 2.75) is 13.0 Å². The fraction of sp³-hybridized carbons (Fsp3) is 0.188. The Morgan fingerprint density at radius 1 is 1.10 bits per heavy atom. The summed E-state index contributed by atoms with van der Waals surface area (Å²) in [6, 6.07) is 12.7. The second kappa shape index (κ2) is 5.37. The molecular weight excluding hydrogens is 321 g/mol. The van der Waals surface area contributed by atoms with Crippen LogP contribution in [0.2, 0.25) is 0 Å². The molecule has 2 aromatic rings. The van der Waals surface area contributed by atoms with E-state index in [-0.39, 0.29) is 10.4 Å². The van der Waals surface area contributed by atoms with Gasteiger partial charge in [0.05, 0.1) is 10.0 Å². The van der Waals surface area contributed by atoms with E-state index in [1.807, 2.05) is 18.2 Å². The number of carbonyl (C=O) groups excluding carboxylic acids is 1. The summed E-state index contributed by atoms with van der Waals surface area (Å²) in [6.07, 6.45) is 0.842. The number of nitrogens with zero attached hydrogens (tertiary/aromatic N) is 1. The molecule has 20 heavy (non-hydrogen) atoms. The van der Waals surface area contributed by atoms with E-state index in [9.17, 15) is 9.18 Å². The van der Waals surface area contributed by atoms with Gasteiger partial charge in [0.25, 0.3) is 5.91 Å². The fourth-order valence-electron chi connectivity index (χ4n) is 2.51. The van der Waals surface area contributed by atoms with Gasteiger partial charge in [-0.1, -0.05) is 30.3 Å². The van der Waals surface area contributed by atoms with Gasteiger partial charge in [-0.05, 0) is 45.6 Å². The van der Waals surface area contributed by atoms with E-state index in [0.29, 0.717) is 18.7 Å². The number of hydrogen-bond donors (Lipinski definition) is 0. The third kappa shape index (κ3) is 2.36. The highest BCUT2D eigenvalue weighted by Crippen LogP contribution is 2.25. The molecule has 2 aromatic carbocycles. The zero-order valence-electron chi connectivity index (χ0n) is 10.8. The number of halogens is 2. The minimum Gasteiger partial charge on any atom is -0.334 e. The smallest absolute Gasteiger partial charge is 0.255 e. The molecule has 0 N–H and O–H groups in total. The molecule has 0 aromatic heterocycles. The molecule has 1 aliphatic heterocycles. The van der Waals surface area contributed by atoms with Crippen molar-refractivity contribution >= 4 is 21.8 Å². The zero-order valence-corrected chi connectivity index (χ0v) is 12.4. The Morgan fingerprint density at radius 2 is 1.85 bits per heavy atom. The molecule has 0 radical (unpaired) electrons. The van der Waals surface area contributed by atoms with Crippen LogP contribution in [0.5, 0.6) is 0 Å². The molecule has 0 saturated heterocycles. The lowest BCUT2D eigenvalue weighted by atomic mass is 9.99. The molecule has 1 heterocycles. The number of hydrogen-bond acceptors (Lipinski definition) is 1. The Balaban J connectivity index is 1.88. The van der Waals surface area contributed by atoms with Crippen LogP contribution in [0, 0.1) is 5.82 Å². The zero-order chi connectivity index (χ0) is 14.1. The maximum atomic E-state index is 13.5. The Bertz CT molecular complexity index is 671. The SMILES string of the molecule is O=C(c1cccc(F)c1Br)N1CCc2ccccc2C1. The van der Waals surface area contributed by atoms with Gasteiger partial charge in [0, 0.05) is 13.1 Å². The van der Waals surface area contributed by atoms with Crippen molar-refractivity contribution in [3.8, 4) is 0 Å². The van der Waals surface area contributed by atoms with Crippen molar-refractivity contribution < 1.29 is 9.18 Å². The quantitative estimate of drug-likeness (QED) is 0.777. The van der Waals surface area contributed by atoms with E-state index < -0.39 is 5.82 Å².